The van der Waals surface area contributed by atoms with Crippen molar-refractivity contribution in [3.63, 3.8) is 0 Å². The van der Waals surface area contributed by atoms with Crippen LogP contribution in [0.3, 0.4) is 0 Å². The summed E-state index contributed by atoms with van der Waals surface area (Å²) in [5, 5.41) is 11.5. The molecule has 164 valence electrons. The van der Waals surface area contributed by atoms with Crippen molar-refractivity contribution in [2.45, 2.75) is 64.3 Å². The molecule has 1 aromatic rings. The molecule has 0 radical (unpaired) electrons. The molecule has 2 N–H and O–H groups in total. The van der Waals surface area contributed by atoms with Gasteiger partial charge < -0.3 is 24.8 Å². The maximum atomic E-state index is 13.0. The van der Waals surface area contributed by atoms with Gasteiger partial charge in [-0.15, -0.1) is 0 Å². The van der Waals surface area contributed by atoms with Gasteiger partial charge in [0.05, 0.1) is 6.42 Å². The van der Waals surface area contributed by atoms with Crippen molar-refractivity contribution in [2.75, 3.05) is 6.54 Å². The molecular weight excluding hydrogens is 392 g/mol. The lowest BCUT2D eigenvalue weighted by molar-refractivity contribution is -0.163. The minimum absolute atomic E-state index is 0.0229. The standard InChI is InChI=1S/C21H28N2O7/c1-21(2,3)30-19(27)16-10-7-11-23(16)18(26)15(12-17(24)25)22-20(28)29-13-14-8-5-4-6-9-14/h4-6,8-9,15-16H,7,10-13H2,1-3H3,(H,22,28)(H,24,25)/t15-,16-/m0/s1. The highest BCUT2D eigenvalue weighted by Gasteiger charge is 2.40. The van der Waals surface area contributed by atoms with E-state index in [2.05, 4.69) is 5.32 Å². The van der Waals surface area contributed by atoms with Crippen LogP contribution in [0.5, 0.6) is 0 Å². The van der Waals surface area contributed by atoms with Crippen molar-refractivity contribution in [3.05, 3.63) is 35.9 Å². The van der Waals surface area contributed by atoms with Gasteiger partial charge >= 0.3 is 18.0 Å². The molecule has 0 bridgehead atoms. The molecule has 30 heavy (non-hydrogen) atoms. The fraction of sp³-hybridized carbons (Fsp3) is 0.524. The van der Waals surface area contributed by atoms with Gasteiger partial charge in [-0.05, 0) is 39.2 Å². The Morgan fingerprint density at radius 3 is 2.47 bits per heavy atom. The molecule has 9 nitrogen and oxygen atoms in total. The maximum Gasteiger partial charge on any atom is 0.408 e. The summed E-state index contributed by atoms with van der Waals surface area (Å²) in [6, 6.07) is 6.77. The van der Waals surface area contributed by atoms with Gasteiger partial charge in [0.15, 0.2) is 0 Å². The van der Waals surface area contributed by atoms with Crippen LogP contribution in [-0.2, 0) is 30.5 Å². The van der Waals surface area contributed by atoms with E-state index in [-0.39, 0.29) is 13.2 Å². The SMILES string of the molecule is CC(C)(C)OC(=O)[C@@H]1CCCN1C(=O)[C@H](CC(=O)O)NC(=O)OCc1ccccc1. The number of rotatable bonds is 7. The van der Waals surface area contributed by atoms with Crippen molar-refractivity contribution >= 4 is 23.9 Å². The topological polar surface area (TPSA) is 122 Å². The number of esters is 1. The minimum atomic E-state index is -1.35. The molecule has 2 atom stereocenters. The van der Waals surface area contributed by atoms with E-state index >= 15 is 0 Å². The van der Waals surface area contributed by atoms with E-state index in [1.807, 2.05) is 6.07 Å². The van der Waals surface area contributed by atoms with Crippen LogP contribution in [0, 0.1) is 0 Å². The number of likely N-dealkylation sites (tertiary alicyclic amines) is 1. The molecule has 1 heterocycles. The molecule has 0 aliphatic carbocycles. The summed E-state index contributed by atoms with van der Waals surface area (Å²) < 4.78 is 10.5. The number of carboxylic acids is 1. The van der Waals surface area contributed by atoms with Crippen molar-refractivity contribution < 1.29 is 33.8 Å². The van der Waals surface area contributed by atoms with E-state index in [0.717, 1.165) is 5.56 Å². The Morgan fingerprint density at radius 2 is 1.87 bits per heavy atom. The molecule has 0 unspecified atom stereocenters. The average molecular weight is 420 g/mol. The number of carbonyl (C=O) groups excluding carboxylic acids is 3. The Balaban J connectivity index is 2.03. The van der Waals surface area contributed by atoms with Gasteiger partial charge in [0, 0.05) is 6.54 Å². The zero-order valence-electron chi connectivity index (χ0n) is 17.4. The summed E-state index contributed by atoms with van der Waals surface area (Å²) in [7, 11) is 0. The number of hydrogen-bond donors (Lipinski definition) is 2. The Morgan fingerprint density at radius 1 is 1.20 bits per heavy atom. The monoisotopic (exact) mass is 420 g/mol. The third-order valence-corrected chi connectivity index (χ3v) is 4.40. The zero-order chi connectivity index (χ0) is 22.3. The Labute approximate surface area is 175 Å². The van der Waals surface area contributed by atoms with Gasteiger partial charge in [-0.1, -0.05) is 30.3 Å². The molecule has 2 rings (SSSR count). The summed E-state index contributed by atoms with van der Waals surface area (Å²) in [4.78, 5) is 50.1. The van der Waals surface area contributed by atoms with Crippen LogP contribution in [0.25, 0.3) is 0 Å². The number of hydrogen-bond acceptors (Lipinski definition) is 6. The van der Waals surface area contributed by atoms with Crippen LogP contribution in [-0.4, -0.2) is 58.2 Å². The molecule has 1 aliphatic heterocycles. The molecule has 9 heteroatoms. The number of carbonyl (C=O) groups is 4. The molecule has 1 fully saturated rings. The second-order valence-corrected chi connectivity index (χ2v) is 8.08. The zero-order valence-corrected chi connectivity index (χ0v) is 17.4. The van der Waals surface area contributed by atoms with Crippen LogP contribution in [0.1, 0.15) is 45.6 Å². The van der Waals surface area contributed by atoms with Crippen LogP contribution >= 0.6 is 0 Å². The highest BCUT2D eigenvalue weighted by Crippen LogP contribution is 2.22. The van der Waals surface area contributed by atoms with E-state index in [1.54, 1.807) is 45.0 Å². The third-order valence-electron chi connectivity index (χ3n) is 4.40. The molecule has 0 saturated carbocycles. The molecule has 2 amide bonds. The summed E-state index contributed by atoms with van der Waals surface area (Å²) in [6.07, 6.45) is -0.546. The van der Waals surface area contributed by atoms with Gasteiger partial charge in [0.2, 0.25) is 5.91 Å². The van der Waals surface area contributed by atoms with Gasteiger partial charge in [-0.2, -0.15) is 0 Å². The highest BCUT2D eigenvalue weighted by molar-refractivity contribution is 5.92. The first kappa shape index (κ1) is 23.2. The largest absolute Gasteiger partial charge is 0.481 e. The van der Waals surface area contributed by atoms with Crippen molar-refractivity contribution in [2.24, 2.45) is 0 Å². The smallest absolute Gasteiger partial charge is 0.408 e. The number of amides is 2. The fourth-order valence-electron chi connectivity index (χ4n) is 3.13. The molecule has 1 aromatic carbocycles. The summed E-state index contributed by atoms with van der Waals surface area (Å²) >= 11 is 0. The van der Waals surface area contributed by atoms with Gasteiger partial charge in [-0.3, -0.25) is 9.59 Å². The van der Waals surface area contributed by atoms with Crippen molar-refractivity contribution in [1.29, 1.82) is 0 Å². The summed E-state index contributed by atoms with van der Waals surface area (Å²) in [5.74, 6) is -2.46. The quantitative estimate of drug-likeness (QED) is 0.648. The van der Waals surface area contributed by atoms with E-state index in [1.165, 1.54) is 4.90 Å². The normalized spacial score (nSPS) is 17.2. The lowest BCUT2D eigenvalue weighted by atomic mass is 10.1. The van der Waals surface area contributed by atoms with Crippen molar-refractivity contribution in [3.8, 4) is 0 Å². The first-order valence-corrected chi connectivity index (χ1v) is 9.79. The predicted octanol–water partition coefficient (Wildman–Crippen LogP) is 2.09. The van der Waals surface area contributed by atoms with E-state index in [4.69, 9.17) is 14.6 Å². The molecule has 1 saturated heterocycles. The van der Waals surface area contributed by atoms with E-state index in [9.17, 15) is 19.2 Å². The maximum absolute atomic E-state index is 13.0. The van der Waals surface area contributed by atoms with E-state index < -0.39 is 48.0 Å². The van der Waals surface area contributed by atoms with Crippen LogP contribution < -0.4 is 5.32 Å². The Kier molecular flexibility index (Phi) is 7.79. The molecule has 0 spiro atoms. The number of carboxylic acid groups (broad SMARTS) is 1. The fourth-order valence-corrected chi connectivity index (χ4v) is 3.13. The van der Waals surface area contributed by atoms with Gasteiger partial charge in [0.25, 0.3) is 0 Å². The summed E-state index contributed by atoms with van der Waals surface area (Å²) in [6.45, 7) is 5.43. The number of alkyl carbamates (subject to hydrolysis) is 1. The average Bonchev–Trinajstić information content (AvgIpc) is 3.14. The lowest BCUT2D eigenvalue weighted by Gasteiger charge is -2.29. The Hall–Kier alpha value is -3.10. The summed E-state index contributed by atoms with van der Waals surface area (Å²) in [5.41, 5.74) is 0.0345. The first-order chi connectivity index (χ1) is 14.1. The van der Waals surface area contributed by atoms with Crippen LogP contribution in [0.4, 0.5) is 4.79 Å². The van der Waals surface area contributed by atoms with E-state index in [0.29, 0.717) is 12.8 Å². The molecule has 1 aliphatic rings. The van der Waals surface area contributed by atoms with Crippen LogP contribution in [0.2, 0.25) is 0 Å². The first-order valence-electron chi connectivity index (χ1n) is 9.79. The predicted molar refractivity (Wildman–Crippen MR) is 106 cm³/mol. The number of nitrogens with one attached hydrogen (secondary N) is 1. The third kappa shape index (κ3) is 7.06. The van der Waals surface area contributed by atoms with Gasteiger partial charge in [-0.25, -0.2) is 9.59 Å². The Bertz CT molecular complexity index is 773. The molecule has 0 aromatic heterocycles. The molecular formula is C21H28N2O7. The number of benzene rings is 1. The van der Waals surface area contributed by atoms with Crippen LogP contribution in [0.15, 0.2) is 30.3 Å². The number of ether oxygens (including phenoxy) is 2. The van der Waals surface area contributed by atoms with Crippen molar-refractivity contribution in [1.82, 2.24) is 10.2 Å². The minimum Gasteiger partial charge on any atom is -0.481 e. The number of aliphatic carboxylic acids is 1. The highest BCUT2D eigenvalue weighted by atomic mass is 16.6. The lowest BCUT2D eigenvalue weighted by Crippen LogP contribution is -2.53. The van der Waals surface area contributed by atoms with Gasteiger partial charge in [0.1, 0.15) is 24.3 Å². The number of nitrogens with zero attached hydrogens (tertiary/aromatic N) is 1. The second-order valence-electron chi connectivity index (χ2n) is 8.08. The second kappa shape index (κ2) is 10.1.